The number of aliphatic hydroxyl groups is 5. The van der Waals surface area contributed by atoms with Crippen molar-refractivity contribution in [1.82, 2.24) is 14.5 Å². The maximum atomic E-state index is 14.6. The fraction of sp³-hybridized carbons (Fsp3) is 0.857. The summed E-state index contributed by atoms with van der Waals surface area (Å²) < 4.78 is 75.4. The molecule has 0 amide bonds. The predicted molar refractivity (Wildman–Crippen MR) is 258 cm³/mol. The molecule has 0 saturated carbocycles. The van der Waals surface area contributed by atoms with Gasteiger partial charge in [0.1, 0.15) is 40.9 Å². The van der Waals surface area contributed by atoms with Crippen LogP contribution >= 0.6 is 0 Å². The van der Waals surface area contributed by atoms with Crippen LogP contribution in [-0.4, -0.2) is 186 Å². The molecule has 0 unspecified atom stereocenters. The first kappa shape index (κ1) is 57.6. The largest absolute Gasteiger partial charge is 0.497 e. The minimum atomic E-state index is -4.25. The number of β-amino-alcohol motifs (C(OH)–C–C–N with tert-alkyl or cyclic N) is 1. The van der Waals surface area contributed by atoms with E-state index >= 15 is 0 Å². The van der Waals surface area contributed by atoms with Crippen molar-refractivity contribution in [2.75, 3.05) is 52.2 Å². The van der Waals surface area contributed by atoms with E-state index in [9.17, 15) is 38.7 Å². The molecule has 19 nitrogen and oxygen atoms in total. The van der Waals surface area contributed by atoms with Crippen LogP contribution in [0.15, 0.2) is 24.3 Å². The van der Waals surface area contributed by atoms with Crippen LogP contribution in [0.2, 0.25) is 0 Å². The second kappa shape index (κ2) is 23.3. The summed E-state index contributed by atoms with van der Waals surface area (Å²) in [6, 6.07) is 4.62. The summed E-state index contributed by atoms with van der Waals surface area (Å²) in [4.78, 5) is 16.8. The minimum absolute atomic E-state index is 0.0409. The summed E-state index contributed by atoms with van der Waals surface area (Å²) in [6.07, 6.45) is -7.03. The number of carbonyl (C=O) groups is 1. The molecule has 20 heteroatoms. The average Bonchev–Trinajstić information content (AvgIpc) is 3.29. The van der Waals surface area contributed by atoms with Gasteiger partial charge in [-0.05, 0) is 130 Å². The number of likely N-dealkylation sites (tertiary alicyclic amines) is 1. The molecule has 0 bridgehead atoms. The number of methoxy groups -OCH3 is 2. The number of nitrogens with zero attached hydrogens (tertiary/aromatic N) is 2. The quantitative estimate of drug-likeness (QED) is 0.140. The molecule has 398 valence electrons. The first-order chi connectivity index (χ1) is 32.1. The van der Waals surface area contributed by atoms with E-state index in [2.05, 4.69) is 14.9 Å². The summed E-state index contributed by atoms with van der Waals surface area (Å²) in [7, 11) is 0.142. The Morgan fingerprint density at radius 2 is 1.57 bits per heavy atom. The van der Waals surface area contributed by atoms with Gasteiger partial charge in [0.15, 0.2) is 12.6 Å². The molecule has 0 aliphatic carbocycles. The number of anilines is 1. The van der Waals surface area contributed by atoms with Crippen molar-refractivity contribution < 1.29 is 71.9 Å². The second-order valence-electron chi connectivity index (χ2n) is 21.2. The first-order valence-corrected chi connectivity index (χ1v) is 26.3. The van der Waals surface area contributed by atoms with Crippen molar-refractivity contribution in [3.8, 4) is 5.75 Å². The molecule has 0 spiro atoms. The number of hydrogen-bond acceptors (Lipinski definition) is 17. The lowest BCUT2D eigenvalue weighted by Crippen LogP contribution is -2.70. The van der Waals surface area contributed by atoms with Gasteiger partial charge in [0.05, 0.1) is 54.8 Å². The van der Waals surface area contributed by atoms with Crippen molar-refractivity contribution in [2.24, 2.45) is 17.8 Å². The molecule has 4 aliphatic heterocycles. The number of piperidine rings is 1. The molecule has 4 aliphatic rings. The van der Waals surface area contributed by atoms with Crippen LogP contribution in [-0.2, 0) is 43.4 Å². The lowest BCUT2D eigenvalue weighted by molar-refractivity contribution is -0.339. The third kappa shape index (κ3) is 13.1. The normalized spacial score (nSPS) is 42.8. The summed E-state index contributed by atoms with van der Waals surface area (Å²) in [5.41, 5.74) is -6.01. The molecular weight excluding hydrogens is 917 g/mol. The number of aliphatic hydroxyl groups excluding tert-OH is 2. The van der Waals surface area contributed by atoms with Gasteiger partial charge in [-0.15, -0.1) is 0 Å². The van der Waals surface area contributed by atoms with Gasteiger partial charge in [0.2, 0.25) is 0 Å². The molecular formula is C49H86N4O15S. The van der Waals surface area contributed by atoms with Gasteiger partial charge >= 0.3 is 16.2 Å². The van der Waals surface area contributed by atoms with E-state index in [1.165, 1.54) is 28.2 Å². The Balaban J connectivity index is 1.54. The van der Waals surface area contributed by atoms with E-state index < -0.39 is 118 Å². The fourth-order valence-corrected chi connectivity index (χ4v) is 12.2. The van der Waals surface area contributed by atoms with Crippen molar-refractivity contribution in [2.45, 2.75) is 204 Å². The number of cyclic esters (lactones) is 1. The first-order valence-electron chi connectivity index (χ1n) is 24.9. The molecule has 4 fully saturated rings. The Morgan fingerprint density at radius 1 is 0.928 bits per heavy atom. The number of benzene rings is 1. The smallest absolute Gasteiger partial charge is 0.311 e. The highest BCUT2D eigenvalue weighted by atomic mass is 32.2. The Hall–Kier alpha value is -2.28. The summed E-state index contributed by atoms with van der Waals surface area (Å²) in [5, 5.41) is 64.0. The number of rotatable bonds is 13. The van der Waals surface area contributed by atoms with E-state index in [0.29, 0.717) is 12.3 Å². The lowest BCUT2D eigenvalue weighted by atomic mass is 9.74. The minimum Gasteiger partial charge on any atom is -0.497 e. The van der Waals surface area contributed by atoms with Gasteiger partial charge in [-0.1, -0.05) is 27.2 Å². The SMILES string of the molecule is CC[C@H]1OC(=O)[C@H](C)[C@@H](O[C@H]2C[C@@](C)(OC)[C@](O)(CN3CCCCC3)[C@H](C)O2)[C@H](C)[C@@H](O[C@H]2O[C@@H](C)C[C@@H](N(C)S(=O)(=O)Nc3ccc(OC)cc3)[C@@H]2O)[C@](C)(O)C[C@@H](C)CN[C@H](C)[C@@H](O)[C@]1(C)O. The maximum Gasteiger partial charge on any atom is 0.311 e. The Labute approximate surface area is 411 Å². The fourth-order valence-electron chi connectivity index (χ4n) is 11.1. The summed E-state index contributed by atoms with van der Waals surface area (Å²) in [6.45, 7) is 19.3. The van der Waals surface area contributed by atoms with Crippen LogP contribution in [0.3, 0.4) is 0 Å². The monoisotopic (exact) mass is 1000 g/mol. The standard InChI is InChI=1S/C49H86N4O15S/c1-14-38-48(10,58)42(55)33(6)50-27-29(2)25-46(8,57)43(68-45-40(54)37(24-30(3)64-45)52(11)69(60,61)51-35-18-20-36(62-12)21-19-35)31(4)41(32(5)44(56)66-38)67-39-26-47(9,63-13)49(59,34(7)65-39)28-53-22-16-15-17-23-53/h18-21,29-34,37-43,45,50-51,54-55,57-59H,14-17,22-28H2,1-13H3/t29-,30+,31+,32-,33-,34+,37-,38-,39+,40+,41+,42-,43-,45-,46-,47-,48-,49+/m1/s1. The number of carbonyl (C=O) groups excluding carboxylic acids is 1. The molecule has 18 atom stereocenters. The molecule has 5 rings (SSSR count). The van der Waals surface area contributed by atoms with E-state index in [1.54, 1.807) is 72.7 Å². The maximum absolute atomic E-state index is 14.6. The molecule has 1 aromatic rings. The van der Waals surface area contributed by atoms with Crippen LogP contribution in [0.25, 0.3) is 0 Å². The van der Waals surface area contributed by atoms with Crippen molar-refractivity contribution in [3.63, 3.8) is 0 Å². The highest BCUT2D eigenvalue weighted by Gasteiger charge is 2.59. The zero-order chi connectivity index (χ0) is 51.4. The van der Waals surface area contributed by atoms with Crippen molar-refractivity contribution in [3.05, 3.63) is 24.3 Å². The van der Waals surface area contributed by atoms with Gasteiger partial charge < -0.3 is 68.9 Å². The summed E-state index contributed by atoms with van der Waals surface area (Å²) in [5.74, 6) is -2.60. The Morgan fingerprint density at radius 3 is 2.16 bits per heavy atom. The number of hydrogen-bond donors (Lipinski definition) is 7. The van der Waals surface area contributed by atoms with E-state index in [1.807, 2.05) is 13.8 Å². The molecule has 0 radical (unpaired) electrons. The van der Waals surface area contributed by atoms with Crippen LogP contribution in [0, 0.1) is 17.8 Å². The van der Waals surface area contributed by atoms with E-state index in [-0.39, 0.29) is 43.8 Å². The van der Waals surface area contributed by atoms with E-state index in [0.717, 1.165) is 36.7 Å². The third-order valence-electron chi connectivity index (χ3n) is 15.6. The van der Waals surface area contributed by atoms with Crippen molar-refractivity contribution in [1.29, 1.82) is 0 Å². The molecule has 4 heterocycles. The number of esters is 1. The number of likely N-dealkylation sites (N-methyl/N-ethyl adjacent to an activating group) is 1. The number of nitrogens with one attached hydrogen (secondary N) is 2. The molecule has 7 N–H and O–H groups in total. The van der Waals surface area contributed by atoms with Crippen molar-refractivity contribution >= 4 is 21.9 Å². The van der Waals surface area contributed by atoms with E-state index in [4.69, 9.17) is 33.2 Å². The topological polar surface area (TPSA) is 248 Å². The van der Waals surface area contributed by atoms with Gasteiger partial charge in [0, 0.05) is 39.1 Å². The zero-order valence-electron chi connectivity index (χ0n) is 43.3. The van der Waals surface area contributed by atoms with Crippen LogP contribution in [0.4, 0.5) is 5.69 Å². The molecule has 0 aromatic heterocycles. The zero-order valence-corrected chi connectivity index (χ0v) is 44.1. The van der Waals surface area contributed by atoms with Gasteiger partial charge in [0.25, 0.3) is 0 Å². The molecule has 69 heavy (non-hydrogen) atoms. The van der Waals surface area contributed by atoms with Crippen LogP contribution in [0.5, 0.6) is 5.75 Å². The average molecular weight is 1000 g/mol. The second-order valence-corrected chi connectivity index (χ2v) is 23.0. The third-order valence-corrected chi connectivity index (χ3v) is 17.1. The summed E-state index contributed by atoms with van der Waals surface area (Å²) >= 11 is 0. The predicted octanol–water partition coefficient (Wildman–Crippen LogP) is 3.15. The van der Waals surface area contributed by atoms with Gasteiger partial charge in [-0.2, -0.15) is 12.7 Å². The highest BCUT2D eigenvalue weighted by molar-refractivity contribution is 7.90. The Bertz CT molecular complexity index is 1910. The molecule has 1 aromatic carbocycles. The van der Waals surface area contributed by atoms with Gasteiger partial charge in [-0.25, -0.2) is 0 Å². The highest BCUT2D eigenvalue weighted by Crippen LogP contribution is 2.44. The van der Waals surface area contributed by atoms with Gasteiger partial charge in [-0.3, -0.25) is 9.52 Å². The Kier molecular flexibility index (Phi) is 19.4. The van der Waals surface area contributed by atoms with Crippen LogP contribution < -0.4 is 14.8 Å². The molecule has 4 saturated heterocycles. The van der Waals surface area contributed by atoms with Crippen LogP contribution in [0.1, 0.15) is 114 Å². The number of ether oxygens (including phenoxy) is 7. The lowest BCUT2D eigenvalue weighted by Gasteiger charge is -2.55.